The first-order valence-corrected chi connectivity index (χ1v) is 9.22. The highest BCUT2D eigenvalue weighted by Crippen LogP contribution is 2.32. The number of phenols is 1. The van der Waals surface area contributed by atoms with Gasteiger partial charge in [0.1, 0.15) is 46.5 Å². The molecule has 0 unspecified atom stereocenters. The molecule has 5 atom stereocenters. The van der Waals surface area contributed by atoms with E-state index < -0.39 is 47.9 Å². The predicted molar refractivity (Wildman–Crippen MR) is 104 cm³/mol. The Morgan fingerprint density at radius 3 is 2.35 bits per heavy atom. The van der Waals surface area contributed by atoms with Crippen LogP contribution < -0.4 is 10.2 Å². The van der Waals surface area contributed by atoms with Gasteiger partial charge in [-0.2, -0.15) is 0 Å². The van der Waals surface area contributed by atoms with Gasteiger partial charge in [-0.05, 0) is 0 Å². The van der Waals surface area contributed by atoms with Crippen molar-refractivity contribution in [2.75, 3.05) is 0 Å². The predicted octanol–water partition coefficient (Wildman–Crippen LogP) is -0.129. The molecular formula is C21H18O10. The standard InChI is InChI=1S/C21H18O10/c22-11-6-10(29-21(28)19-17(25)16(24)18(26)20(27)31-19)7-14-15(11)12(23)8-13(30-14)9-4-2-1-3-5-9/h1-8,16-20,22,24-27H/t16-,17-,18+,19-,20+/m0/s1. The second-order valence-corrected chi connectivity index (χ2v) is 7.00. The highest BCUT2D eigenvalue weighted by atomic mass is 16.7. The van der Waals surface area contributed by atoms with Gasteiger partial charge in [0.2, 0.25) is 0 Å². The molecule has 0 spiro atoms. The van der Waals surface area contributed by atoms with Gasteiger partial charge in [0.25, 0.3) is 0 Å². The molecule has 1 fully saturated rings. The molecule has 1 aliphatic heterocycles. The highest BCUT2D eigenvalue weighted by Gasteiger charge is 2.47. The Kier molecular flexibility index (Phi) is 5.48. The monoisotopic (exact) mass is 430 g/mol. The first kappa shape index (κ1) is 21.0. The molecule has 10 nitrogen and oxygen atoms in total. The summed E-state index contributed by atoms with van der Waals surface area (Å²) in [7, 11) is 0. The first-order valence-electron chi connectivity index (χ1n) is 9.22. The number of aliphatic hydroxyl groups excluding tert-OH is 4. The quantitative estimate of drug-likeness (QED) is 0.279. The zero-order chi connectivity index (χ0) is 22.3. The number of hydrogen-bond donors (Lipinski definition) is 5. The molecule has 5 N–H and O–H groups in total. The SMILES string of the molecule is O=C(Oc1cc(O)c2c(=O)cc(-c3ccccc3)oc2c1)[C@H]1O[C@@H](O)[C@H](O)[C@@H](O)[C@@H]1O. The van der Waals surface area contributed by atoms with Gasteiger partial charge in [-0.25, -0.2) is 4.79 Å². The molecular weight excluding hydrogens is 412 g/mol. The molecule has 0 saturated carbocycles. The smallest absolute Gasteiger partial charge is 0.343 e. The third-order valence-electron chi connectivity index (χ3n) is 4.88. The molecule has 1 saturated heterocycles. The summed E-state index contributed by atoms with van der Waals surface area (Å²) in [6, 6.07) is 12.2. The fourth-order valence-electron chi connectivity index (χ4n) is 3.28. The van der Waals surface area contributed by atoms with E-state index >= 15 is 0 Å². The Balaban J connectivity index is 1.67. The van der Waals surface area contributed by atoms with Gasteiger partial charge in [-0.3, -0.25) is 4.79 Å². The van der Waals surface area contributed by atoms with Crippen LogP contribution >= 0.6 is 0 Å². The van der Waals surface area contributed by atoms with Crippen LogP contribution in [0.5, 0.6) is 11.5 Å². The largest absolute Gasteiger partial charge is 0.507 e. The summed E-state index contributed by atoms with van der Waals surface area (Å²) >= 11 is 0. The van der Waals surface area contributed by atoms with Crippen molar-refractivity contribution in [1.29, 1.82) is 0 Å². The Hall–Kier alpha value is -3.28. The number of ether oxygens (including phenoxy) is 2. The van der Waals surface area contributed by atoms with E-state index in [-0.39, 0.29) is 22.5 Å². The first-order chi connectivity index (χ1) is 14.8. The van der Waals surface area contributed by atoms with Gasteiger partial charge < -0.3 is 39.4 Å². The lowest BCUT2D eigenvalue weighted by atomic mass is 9.99. The van der Waals surface area contributed by atoms with Gasteiger partial charge in [0.15, 0.2) is 17.8 Å². The maximum absolute atomic E-state index is 12.5. The van der Waals surface area contributed by atoms with Crippen molar-refractivity contribution < 1.29 is 44.2 Å². The van der Waals surface area contributed by atoms with Crippen molar-refractivity contribution in [3.8, 4) is 22.8 Å². The van der Waals surface area contributed by atoms with Crippen LogP contribution in [0.2, 0.25) is 0 Å². The van der Waals surface area contributed by atoms with Crippen molar-refractivity contribution in [3.05, 3.63) is 58.8 Å². The molecule has 1 aromatic heterocycles. The van der Waals surface area contributed by atoms with E-state index in [2.05, 4.69) is 0 Å². The molecule has 31 heavy (non-hydrogen) atoms. The summed E-state index contributed by atoms with van der Waals surface area (Å²) in [5, 5.41) is 48.8. The minimum Gasteiger partial charge on any atom is -0.507 e. The van der Waals surface area contributed by atoms with Crippen molar-refractivity contribution in [3.63, 3.8) is 0 Å². The normalized spacial score (nSPS) is 26.0. The number of aromatic hydroxyl groups is 1. The van der Waals surface area contributed by atoms with Crippen molar-refractivity contribution in [2.24, 2.45) is 0 Å². The second-order valence-electron chi connectivity index (χ2n) is 7.00. The molecule has 4 rings (SSSR count). The number of benzene rings is 2. The number of rotatable bonds is 3. The summed E-state index contributed by atoms with van der Waals surface area (Å²) in [5.41, 5.74) is 0.0418. The van der Waals surface area contributed by atoms with Crippen LogP contribution in [0.1, 0.15) is 0 Å². The molecule has 2 aromatic carbocycles. The summed E-state index contributed by atoms with van der Waals surface area (Å²) in [5.74, 6) is -1.73. The number of hydrogen-bond acceptors (Lipinski definition) is 10. The lowest BCUT2D eigenvalue weighted by Gasteiger charge is -2.36. The van der Waals surface area contributed by atoms with Gasteiger partial charge in [0.05, 0.1) is 0 Å². The molecule has 1 aliphatic rings. The average Bonchev–Trinajstić information content (AvgIpc) is 2.74. The van der Waals surface area contributed by atoms with Crippen LogP contribution in [0.4, 0.5) is 0 Å². The van der Waals surface area contributed by atoms with Gasteiger partial charge in [-0.1, -0.05) is 30.3 Å². The Morgan fingerprint density at radius 2 is 1.65 bits per heavy atom. The van der Waals surface area contributed by atoms with E-state index in [1.165, 1.54) is 12.1 Å². The number of esters is 1. The summed E-state index contributed by atoms with van der Waals surface area (Å²) < 4.78 is 15.6. The van der Waals surface area contributed by atoms with Gasteiger partial charge in [0, 0.05) is 23.8 Å². The fraction of sp³-hybridized carbons (Fsp3) is 0.238. The van der Waals surface area contributed by atoms with E-state index in [0.29, 0.717) is 5.56 Å². The lowest BCUT2D eigenvalue weighted by molar-refractivity contribution is -0.279. The van der Waals surface area contributed by atoms with Crippen LogP contribution in [-0.2, 0) is 9.53 Å². The Bertz CT molecular complexity index is 1170. The molecule has 0 amide bonds. The third kappa shape index (κ3) is 3.90. The summed E-state index contributed by atoms with van der Waals surface area (Å²) in [4.78, 5) is 24.9. The molecule has 0 bridgehead atoms. The molecule has 162 valence electrons. The van der Waals surface area contributed by atoms with Crippen LogP contribution in [0.25, 0.3) is 22.3 Å². The average molecular weight is 430 g/mol. The number of phenolic OH excluding ortho intramolecular Hbond substituents is 1. The zero-order valence-corrected chi connectivity index (χ0v) is 15.8. The molecule has 10 heteroatoms. The molecule has 2 heterocycles. The molecule has 3 aromatic rings. The van der Waals surface area contributed by atoms with Crippen LogP contribution in [-0.4, -0.2) is 62.2 Å². The van der Waals surface area contributed by atoms with E-state index in [0.717, 1.165) is 6.07 Å². The second kappa shape index (κ2) is 8.10. The minimum atomic E-state index is -1.92. The van der Waals surface area contributed by atoms with E-state index in [1.54, 1.807) is 30.3 Å². The van der Waals surface area contributed by atoms with E-state index in [1.807, 2.05) is 0 Å². The van der Waals surface area contributed by atoms with Crippen molar-refractivity contribution >= 4 is 16.9 Å². The Morgan fingerprint density at radius 1 is 0.935 bits per heavy atom. The maximum atomic E-state index is 12.5. The van der Waals surface area contributed by atoms with Crippen LogP contribution in [0, 0.1) is 0 Å². The highest BCUT2D eigenvalue weighted by molar-refractivity contribution is 5.87. The Labute approximate surface area is 174 Å². The number of aliphatic hydroxyl groups is 4. The van der Waals surface area contributed by atoms with Crippen LogP contribution in [0.15, 0.2) is 57.7 Å². The van der Waals surface area contributed by atoms with Crippen molar-refractivity contribution in [1.82, 2.24) is 0 Å². The third-order valence-corrected chi connectivity index (χ3v) is 4.88. The van der Waals surface area contributed by atoms with E-state index in [4.69, 9.17) is 13.9 Å². The van der Waals surface area contributed by atoms with Gasteiger partial charge >= 0.3 is 5.97 Å². The minimum absolute atomic E-state index is 0.0604. The lowest BCUT2D eigenvalue weighted by Crippen LogP contribution is -2.60. The maximum Gasteiger partial charge on any atom is 0.343 e. The van der Waals surface area contributed by atoms with Crippen LogP contribution in [0.3, 0.4) is 0 Å². The number of fused-ring (bicyclic) bond motifs is 1. The zero-order valence-electron chi connectivity index (χ0n) is 15.8. The van der Waals surface area contributed by atoms with E-state index in [9.17, 15) is 35.1 Å². The number of carbonyl (C=O) groups is 1. The topological polar surface area (TPSA) is 167 Å². The molecule has 0 radical (unpaired) electrons. The van der Waals surface area contributed by atoms with Gasteiger partial charge in [-0.15, -0.1) is 0 Å². The molecule has 0 aliphatic carbocycles. The summed E-state index contributed by atoms with van der Waals surface area (Å²) in [6.07, 6.45) is -9.27. The number of carbonyl (C=O) groups excluding carboxylic acids is 1. The van der Waals surface area contributed by atoms with Crippen molar-refractivity contribution in [2.45, 2.75) is 30.7 Å². The fourth-order valence-corrected chi connectivity index (χ4v) is 3.28. The summed E-state index contributed by atoms with van der Waals surface area (Å²) in [6.45, 7) is 0.